The Morgan fingerprint density at radius 3 is 2.50 bits per heavy atom. The standard InChI is InChI=1S/C24H27NO3/c1-25-18-10-13-21(25)24(23(27)14-18)20(16-8-11-19(28-2)12-9-16)15-22(26)17-6-4-3-5-7-17/h3-9,11-12,18,20-21,24H,10,13-15H2,1-2H3/t18-,20-,21-,24+/m1/s1. The predicted octanol–water partition coefficient (Wildman–Crippen LogP) is 4.10. The van der Waals surface area contributed by atoms with E-state index in [9.17, 15) is 9.59 Å². The van der Waals surface area contributed by atoms with Crippen LogP contribution in [0.15, 0.2) is 54.6 Å². The van der Waals surface area contributed by atoms with Crippen LogP contribution in [0.4, 0.5) is 0 Å². The molecule has 2 fully saturated rings. The summed E-state index contributed by atoms with van der Waals surface area (Å²) in [7, 11) is 3.77. The summed E-state index contributed by atoms with van der Waals surface area (Å²) in [5, 5.41) is 0. The molecule has 0 saturated carbocycles. The van der Waals surface area contributed by atoms with Gasteiger partial charge in [-0.2, -0.15) is 0 Å². The van der Waals surface area contributed by atoms with Crippen molar-refractivity contribution in [1.29, 1.82) is 0 Å². The largest absolute Gasteiger partial charge is 0.497 e. The highest BCUT2D eigenvalue weighted by molar-refractivity contribution is 5.97. The van der Waals surface area contributed by atoms with Crippen LogP contribution in [0.2, 0.25) is 0 Å². The molecule has 146 valence electrons. The van der Waals surface area contributed by atoms with Crippen molar-refractivity contribution in [2.24, 2.45) is 5.92 Å². The summed E-state index contributed by atoms with van der Waals surface area (Å²) in [6.45, 7) is 0. The number of piperidine rings is 1. The molecule has 2 aliphatic rings. The monoisotopic (exact) mass is 377 g/mol. The van der Waals surface area contributed by atoms with E-state index < -0.39 is 0 Å². The topological polar surface area (TPSA) is 46.6 Å². The molecule has 4 nitrogen and oxygen atoms in total. The molecule has 0 aromatic heterocycles. The van der Waals surface area contributed by atoms with Gasteiger partial charge in [0.2, 0.25) is 0 Å². The first-order valence-electron chi connectivity index (χ1n) is 10.1. The smallest absolute Gasteiger partial charge is 0.163 e. The minimum atomic E-state index is -0.134. The van der Waals surface area contributed by atoms with Gasteiger partial charge < -0.3 is 4.74 Å². The van der Waals surface area contributed by atoms with Crippen LogP contribution < -0.4 is 4.74 Å². The summed E-state index contributed by atoms with van der Waals surface area (Å²) < 4.78 is 5.29. The van der Waals surface area contributed by atoms with E-state index in [1.165, 1.54) is 0 Å². The van der Waals surface area contributed by atoms with Gasteiger partial charge in [0.05, 0.1) is 7.11 Å². The maximum Gasteiger partial charge on any atom is 0.163 e. The second-order valence-electron chi connectivity index (χ2n) is 8.03. The van der Waals surface area contributed by atoms with Gasteiger partial charge in [-0.1, -0.05) is 42.5 Å². The number of methoxy groups -OCH3 is 1. The fourth-order valence-corrected chi connectivity index (χ4v) is 5.04. The summed E-state index contributed by atoms with van der Waals surface area (Å²) in [5.41, 5.74) is 1.75. The van der Waals surface area contributed by atoms with E-state index >= 15 is 0 Å². The Morgan fingerprint density at radius 1 is 1.11 bits per heavy atom. The molecule has 4 rings (SSSR count). The third-order valence-electron chi connectivity index (χ3n) is 6.60. The number of ether oxygens (including phenoxy) is 1. The number of hydrogen-bond acceptors (Lipinski definition) is 4. The van der Waals surface area contributed by atoms with Crippen LogP contribution in [-0.2, 0) is 4.79 Å². The summed E-state index contributed by atoms with van der Waals surface area (Å²) in [6, 6.07) is 17.8. The predicted molar refractivity (Wildman–Crippen MR) is 109 cm³/mol. The Hall–Kier alpha value is -2.46. The van der Waals surface area contributed by atoms with Gasteiger partial charge in [-0.25, -0.2) is 0 Å². The van der Waals surface area contributed by atoms with E-state index in [1.54, 1.807) is 7.11 Å². The lowest BCUT2D eigenvalue weighted by atomic mass is 9.73. The van der Waals surface area contributed by atoms with Crippen molar-refractivity contribution < 1.29 is 14.3 Å². The Bertz CT molecular complexity index is 846. The number of carbonyl (C=O) groups is 2. The number of benzene rings is 2. The van der Waals surface area contributed by atoms with E-state index in [-0.39, 0.29) is 23.7 Å². The van der Waals surface area contributed by atoms with Crippen LogP contribution in [0.1, 0.15) is 47.5 Å². The van der Waals surface area contributed by atoms with Crippen molar-refractivity contribution in [2.45, 2.75) is 43.7 Å². The summed E-state index contributed by atoms with van der Waals surface area (Å²) >= 11 is 0. The quantitative estimate of drug-likeness (QED) is 0.711. The molecule has 0 amide bonds. The molecule has 0 spiro atoms. The molecule has 0 aliphatic carbocycles. The van der Waals surface area contributed by atoms with Gasteiger partial charge in [-0.05, 0) is 37.6 Å². The maximum atomic E-state index is 13.1. The zero-order chi connectivity index (χ0) is 19.7. The average molecular weight is 377 g/mol. The lowest BCUT2D eigenvalue weighted by Crippen LogP contribution is -2.49. The van der Waals surface area contributed by atoms with Crippen molar-refractivity contribution in [2.75, 3.05) is 14.2 Å². The lowest BCUT2D eigenvalue weighted by Gasteiger charge is -2.40. The van der Waals surface area contributed by atoms with E-state index in [4.69, 9.17) is 4.74 Å². The van der Waals surface area contributed by atoms with Gasteiger partial charge in [0.25, 0.3) is 0 Å². The Kier molecular flexibility index (Phi) is 5.31. The number of ketones is 2. The first kappa shape index (κ1) is 18.9. The number of fused-ring (bicyclic) bond motifs is 2. The fraction of sp³-hybridized carbons (Fsp3) is 0.417. The van der Waals surface area contributed by atoms with Gasteiger partial charge in [-0.3, -0.25) is 14.5 Å². The Balaban J connectivity index is 1.68. The molecule has 28 heavy (non-hydrogen) atoms. The highest BCUT2D eigenvalue weighted by atomic mass is 16.5. The maximum absolute atomic E-state index is 13.1. The van der Waals surface area contributed by atoms with Crippen LogP contribution in [-0.4, -0.2) is 42.7 Å². The molecular weight excluding hydrogens is 350 g/mol. The molecule has 0 radical (unpaired) electrons. The highest BCUT2D eigenvalue weighted by Gasteiger charge is 2.48. The molecule has 2 heterocycles. The third-order valence-corrected chi connectivity index (χ3v) is 6.60. The molecule has 2 bridgehead atoms. The van der Waals surface area contributed by atoms with E-state index in [0.29, 0.717) is 30.2 Å². The molecule has 2 aliphatic heterocycles. The van der Waals surface area contributed by atoms with Crippen molar-refractivity contribution >= 4 is 11.6 Å². The van der Waals surface area contributed by atoms with Gasteiger partial charge in [0, 0.05) is 42.3 Å². The Labute approximate surface area is 166 Å². The van der Waals surface area contributed by atoms with Gasteiger partial charge >= 0.3 is 0 Å². The van der Waals surface area contributed by atoms with E-state index in [1.807, 2.05) is 54.6 Å². The van der Waals surface area contributed by atoms with Crippen molar-refractivity contribution in [1.82, 2.24) is 4.90 Å². The van der Waals surface area contributed by atoms with Crippen molar-refractivity contribution in [3.05, 3.63) is 65.7 Å². The average Bonchev–Trinajstić information content (AvgIpc) is 2.97. The zero-order valence-electron chi connectivity index (χ0n) is 16.5. The van der Waals surface area contributed by atoms with Crippen molar-refractivity contribution in [3.8, 4) is 5.75 Å². The number of hydrogen-bond donors (Lipinski definition) is 0. The van der Waals surface area contributed by atoms with Crippen molar-refractivity contribution in [3.63, 3.8) is 0 Å². The van der Waals surface area contributed by atoms with Crippen LogP contribution in [0, 0.1) is 5.92 Å². The summed E-state index contributed by atoms with van der Waals surface area (Å²) in [5.74, 6) is 0.941. The Morgan fingerprint density at radius 2 is 1.82 bits per heavy atom. The SMILES string of the molecule is COc1ccc([C@@H](CC(=O)c2ccccc2)[C@@H]2C(=O)C[C@H]3CC[C@H]2N3C)cc1. The lowest BCUT2D eigenvalue weighted by molar-refractivity contribution is -0.129. The molecule has 2 aromatic rings. The number of nitrogens with zero attached hydrogens (tertiary/aromatic N) is 1. The van der Waals surface area contributed by atoms with E-state index in [2.05, 4.69) is 11.9 Å². The highest BCUT2D eigenvalue weighted by Crippen LogP contribution is 2.44. The minimum Gasteiger partial charge on any atom is -0.497 e. The molecule has 0 unspecified atom stereocenters. The second-order valence-corrected chi connectivity index (χ2v) is 8.03. The van der Waals surface area contributed by atoms with Crippen LogP contribution in [0.25, 0.3) is 0 Å². The molecule has 2 aromatic carbocycles. The first-order chi connectivity index (χ1) is 13.6. The molecular formula is C24H27NO3. The number of carbonyl (C=O) groups excluding carboxylic acids is 2. The van der Waals surface area contributed by atoms with Gasteiger partial charge in [-0.15, -0.1) is 0 Å². The zero-order valence-corrected chi connectivity index (χ0v) is 16.5. The number of Topliss-reactive ketones (excluding diaryl/α,β-unsaturated/α-hetero) is 2. The van der Waals surface area contributed by atoms with Gasteiger partial charge in [0.15, 0.2) is 5.78 Å². The minimum absolute atomic E-state index is 0.0944. The summed E-state index contributed by atoms with van der Waals surface area (Å²) in [6.07, 6.45) is 3.06. The second kappa shape index (κ2) is 7.88. The van der Waals surface area contributed by atoms with Crippen LogP contribution in [0.5, 0.6) is 5.75 Å². The molecule has 2 saturated heterocycles. The molecule has 4 heteroatoms. The third kappa shape index (κ3) is 3.49. The molecule has 4 atom stereocenters. The first-order valence-corrected chi connectivity index (χ1v) is 10.1. The van der Waals surface area contributed by atoms with E-state index in [0.717, 1.165) is 24.2 Å². The molecule has 0 N–H and O–H groups in total. The summed E-state index contributed by atoms with van der Waals surface area (Å²) in [4.78, 5) is 28.5. The van der Waals surface area contributed by atoms with Gasteiger partial charge in [0.1, 0.15) is 11.5 Å². The normalized spacial score (nSPS) is 25.5. The van der Waals surface area contributed by atoms with Crippen LogP contribution in [0.3, 0.4) is 0 Å². The fourth-order valence-electron chi connectivity index (χ4n) is 5.04. The number of rotatable bonds is 6. The van der Waals surface area contributed by atoms with Crippen LogP contribution >= 0.6 is 0 Å².